The maximum absolute atomic E-state index is 12.9. The molecule has 7 heteroatoms. The Hall–Kier alpha value is -2.77. The van der Waals surface area contributed by atoms with Crippen molar-refractivity contribution >= 4 is 17.5 Å². The van der Waals surface area contributed by atoms with Crippen molar-refractivity contribution in [1.29, 1.82) is 0 Å². The van der Waals surface area contributed by atoms with Gasteiger partial charge in [-0.15, -0.1) is 0 Å². The molecule has 0 radical (unpaired) electrons. The molecule has 0 N–H and O–H groups in total. The predicted octanol–water partition coefficient (Wildman–Crippen LogP) is 3.10. The molecule has 32 heavy (non-hydrogen) atoms. The summed E-state index contributed by atoms with van der Waals surface area (Å²) in [4.78, 5) is 35.8. The molecule has 0 fully saturated rings. The lowest BCUT2D eigenvalue weighted by molar-refractivity contribution is -0.132. The molecule has 0 saturated carbocycles. The highest BCUT2D eigenvalue weighted by atomic mass is 16.5. The number of carbonyl (C=O) groups excluding carboxylic acids is 2. The van der Waals surface area contributed by atoms with Gasteiger partial charge in [0.25, 0.3) is 0 Å². The molecule has 3 rings (SSSR count). The number of fused-ring (bicyclic) bond motifs is 1. The van der Waals surface area contributed by atoms with Gasteiger partial charge in [-0.2, -0.15) is 0 Å². The van der Waals surface area contributed by atoms with Gasteiger partial charge < -0.3 is 14.5 Å². The number of hydrogen-bond donors (Lipinski definition) is 0. The number of amides is 2. The number of rotatable bonds is 5. The van der Waals surface area contributed by atoms with Crippen LogP contribution in [0, 0.1) is 0 Å². The molecule has 172 valence electrons. The quantitative estimate of drug-likeness (QED) is 0.718. The van der Waals surface area contributed by atoms with Gasteiger partial charge in [0, 0.05) is 71.4 Å². The predicted molar refractivity (Wildman–Crippen MR) is 125 cm³/mol. The summed E-state index contributed by atoms with van der Waals surface area (Å²) in [5, 5.41) is 0. The lowest BCUT2D eigenvalue weighted by Crippen LogP contribution is -2.38. The number of methoxy groups -OCH3 is 1. The summed E-state index contributed by atoms with van der Waals surface area (Å²) >= 11 is 0. The third-order valence-electron chi connectivity index (χ3n) is 5.78. The molecule has 1 aliphatic heterocycles. The number of hydrogen-bond acceptors (Lipinski definition) is 5. The number of anilines is 1. The standard InChI is InChI=1S/C25H34N4O3/c1-21(30)29-16-7-14-27(19-22-8-5-12-26-18-22)13-6-15-28(25(31)11-17-32-2)20-23-9-3-4-10-24(23)29/h3-5,8-10,12,18H,6-7,11,13-17,19-20H2,1-2H3. The lowest BCUT2D eigenvalue weighted by Gasteiger charge is -2.31. The molecular formula is C25H34N4O3. The largest absolute Gasteiger partial charge is 0.384 e. The SMILES string of the molecule is COCCC(=O)N1CCCN(Cc2cccnc2)CCCN(C(C)=O)c2ccccc2C1. The first-order chi connectivity index (χ1) is 15.6. The fourth-order valence-corrected chi connectivity index (χ4v) is 4.16. The summed E-state index contributed by atoms with van der Waals surface area (Å²) in [5.41, 5.74) is 3.06. The van der Waals surface area contributed by atoms with Crippen molar-refractivity contribution in [1.82, 2.24) is 14.8 Å². The van der Waals surface area contributed by atoms with Crippen LogP contribution < -0.4 is 4.90 Å². The molecule has 7 nitrogen and oxygen atoms in total. The molecule has 0 atom stereocenters. The molecule has 1 aromatic heterocycles. The number of benzene rings is 1. The zero-order chi connectivity index (χ0) is 22.8. The maximum atomic E-state index is 12.9. The molecule has 2 aromatic rings. The van der Waals surface area contributed by atoms with E-state index in [9.17, 15) is 9.59 Å². The van der Waals surface area contributed by atoms with E-state index in [1.54, 1.807) is 20.2 Å². The number of carbonyl (C=O) groups is 2. The Morgan fingerprint density at radius 1 is 1.03 bits per heavy atom. The molecule has 2 amide bonds. The zero-order valence-electron chi connectivity index (χ0n) is 19.2. The van der Waals surface area contributed by atoms with E-state index in [1.165, 1.54) is 5.56 Å². The first-order valence-electron chi connectivity index (χ1n) is 11.3. The Bertz CT molecular complexity index is 875. The summed E-state index contributed by atoms with van der Waals surface area (Å²) in [6.45, 7) is 6.38. The Balaban J connectivity index is 1.84. The van der Waals surface area contributed by atoms with Gasteiger partial charge in [-0.3, -0.25) is 19.5 Å². The van der Waals surface area contributed by atoms with Crippen LogP contribution in [0.2, 0.25) is 0 Å². The van der Waals surface area contributed by atoms with Gasteiger partial charge in [0.15, 0.2) is 0 Å². The first kappa shape index (κ1) is 23.9. The lowest BCUT2D eigenvalue weighted by atomic mass is 10.1. The van der Waals surface area contributed by atoms with Crippen molar-refractivity contribution in [2.45, 2.75) is 39.3 Å². The van der Waals surface area contributed by atoms with Crippen LogP contribution in [-0.4, -0.2) is 66.5 Å². The molecule has 0 aliphatic carbocycles. The third-order valence-corrected chi connectivity index (χ3v) is 5.78. The second-order valence-corrected chi connectivity index (χ2v) is 8.20. The van der Waals surface area contributed by atoms with Gasteiger partial charge in [-0.05, 0) is 36.1 Å². The normalized spacial score (nSPS) is 16.1. The molecule has 1 aliphatic rings. The second-order valence-electron chi connectivity index (χ2n) is 8.20. The van der Waals surface area contributed by atoms with Crippen LogP contribution >= 0.6 is 0 Å². The van der Waals surface area contributed by atoms with Gasteiger partial charge in [0.05, 0.1) is 13.0 Å². The van der Waals surface area contributed by atoms with Gasteiger partial charge in [0.1, 0.15) is 0 Å². The molecule has 0 unspecified atom stereocenters. The third kappa shape index (κ3) is 6.87. The minimum atomic E-state index is 0.0191. The zero-order valence-corrected chi connectivity index (χ0v) is 19.2. The number of para-hydroxylation sites is 1. The van der Waals surface area contributed by atoms with Crippen LogP contribution in [0.15, 0.2) is 48.8 Å². The van der Waals surface area contributed by atoms with Crippen molar-refractivity contribution in [3.63, 3.8) is 0 Å². The smallest absolute Gasteiger partial charge is 0.225 e. The summed E-state index contributed by atoms with van der Waals surface area (Å²) in [5.74, 6) is 0.0949. The highest BCUT2D eigenvalue weighted by molar-refractivity contribution is 5.92. The highest BCUT2D eigenvalue weighted by Gasteiger charge is 2.21. The minimum Gasteiger partial charge on any atom is -0.384 e. The molecule has 0 spiro atoms. The average Bonchev–Trinajstić information content (AvgIpc) is 2.79. The summed E-state index contributed by atoms with van der Waals surface area (Å²) in [6.07, 6.45) is 5.80. The summed E-state index contributed by atoms with van der Waals surface area (Å²) in [6, 6.07) is 12.0. The minimum absolute atomic E-state index is 0.0191. The number of aromatic nitrogens is 1. The van der Waals surface area contributed by atoms with Crippen molar-refractivity contribution in [3.8, 4) is 0 Å². The van der Waals surface area contributed by atoms with Crippen LogP contribution in [0.4, 0.5) is 5.69 Å². The van der Waals surface area contributed by atoms with Crippen molar-refractivity contribution in [3.05, 3.63) is 59.9 Å². The fraction of sp³-hybridized carbons (Fsp3) is 0.480. The van der Waals surface area contributed by atoms with E-state index in [0.717, 1.165) is 43.7 Å². The van der Waals surface area contributed by atoms with E-state index < -0.39 is 0 Å². The van der Waals surface area contributed by atoms with Gasteiger partial charge in [-0.1, -0.05) is 24.3 Å². The van der Waals surface area contributed by atoms with Crippen LogP contribution in [0.1, 0.15) is 37.3 Å². The summed E-state index contributed by atoms with van der Waals surface area (Å²) < 4.78 is 5.13. The molecule has 1 aromatic carbocycles. The molecule has 0 bridgehead atoms. The van der Waals surface area contributed by atoms with Crippen LogP contribution in [0.25, 0.3) is 0 Å². The Morgan fingerprint density at radius 3 is 2.53 bits per heavy atom. The van der Waals surface area contributed by atoms with E-state index in [0.29, 0.717) is 32.7 Å². The van der Waals surface area contributed by atoms with E-state index >= 15 is 0 Å². The Morgan fingerprint density at radius 2 is 1.81 bits per heavy atom. The van der Waals surface area contributed by atoms with Crippen molar-refractivity contribution < 1.29 is 14.3 Å². The Kier molecular flexibility index (Phi) is 9.19. The summed E-state index contributed by atoms with van der Waals surface area (Å²) in [7, 11) is 1.61. The van der Waals surface area contributed by atoms with E-state index in [4.69, 9.17) is 4.74 Å². The van der Waals surface area contributed by atoms with Crippen LogP contribution in [0.3, 0.4) is 0 Å². The first-order valence-corrected chi connectivity index (χ1v) is 11.3. The molecular weight excluding hydrogens is 404 g/mol. The van der Waals surface area contributed by atoms with Crippen LogP contribution in [-0.2, 0) is 27.4 Å². The average molecular weight is 439 g/mol. The second kappa shape index (κ2) is 12.3. The molecule has 0 saturated heterocycles. The van der Waals surface area contributed by atoms with Crippen molar-refractivity contribution in [2.24, 2.45) is 0 Å². The molecule has 2 heterocycles. The Labute approximate surface area is 191 Å². The number of pyridine rings is 1. The monoisotopic (exact) mass is 438 g/mol. The van der Waals surface area contributed by atoms with Gasteiger partial charge in [-0.25, -0.2) is 0 Å². The number of nitrogens with zero attached hydrogens (tertiary/aromatic N) is 4. The fourth-order valence-electron chi connectivity index (χ4n) is 4.16. The van der Waals surface area contributed by atoms with Gasteiger partial charge in [0.2, 0.25) is 11.8 Å². The number of ether oxygens (including phenoxy) is 1. The van der Waals surface area contributed by atoms with E-state index in [1.807, 2.05) is 46.3 Å². The van der Waals surface area contributed by atoms with E-state index in [-0.39, 0.29) is 11.8 Å². The van der Waals surface area contributed by atoms with Crippen molar-refractivity contribution in [2.75, 3.05) is 44.8 Å². The van der Waals surface area contributed by atoms with Gasteiger partial charge >= 0.3 is 0 Å². The van der Waals surface area contributed by atoms with Crippen LogP contribution in [0.5, 0.6) is 0 Å². The topological polar surface area (TPSA) is 66.0 Å². The maximum Gasteiger partial charge on any atom is 0.225 e. The highest BCUT2D eigenvalue weighted by Crippen LogP contribution is 2.24. The van der Waals surface area contributed by atoms with E-state index in [2.05, 4.69) is 16.0 Å².